The maximum Gasteiger partial charge on any atom is 0.259 e. The number of carbonyl (C=O) groups is 1. The number of aliphatic hydroxyl groups excluding tert-OH is 1. The van der Waals surface area contributed by atoms with Crippen LogP contribution in [0, 0.1) is 0 Å². The molecule has 1 amide bonds. The molecular weight excluding hydrogens is 373 g/mol. The fraction of sp³-hybridized carbons (Fsp3) is 0.150. The van der Waals surface area contributed by atoms with Gasteiger partial charge in [-0.25, -0.2) is 0 Å². The van der Waals surface area contributed by atoms with Gasteiger partial charge in [0.15, 0.2) is 0 Å². The zero-order chi connectivity index (χ0) is 18.3. The van der Waals surface area contributed by atoms with Gasteiger partial charge in [0.2, 0.25) is 0 Å². The van der Waals surface area contributed by atoms with Crippen molar-refractivity contribution in [3.63, 3.8) is 0 Å². The van der Waals surface area contributed by atoms with E-state index in [1.807, 2.05) is 36.4 Å². The van der Waals surface area contributed by atoms with E-state index < -0.39 is 6.10 Å². The molecule has 4 rings (SSSR count). The van der Waals surface area contributed by atoms with E-state index in [4.69, 9.17) is 27.9 Å². The fourth-order valence-corrected chi connectivity index (χ4v) is 3.53. The van der Waals surface area contributed by atoms with Gasteiger partial charge in [-0.05, 0) is 29.7 Å². The molecule has 3 aromatic carbocycles. The molecule has 1 aliphatic heterocycles. The van der Waals surface area contributed by atoms with E-state index in [0.717, 1.165) is 16.5 Å². The van der Waals surface area contributed by atoms with Crippen LogP contribution in [0.2, 0.25) is 10.0 Å². The molecule has 0 saturated carbocycles. The van der Waals surface area contributed by atoms with Crippen LogP contribution < -0.4 is 9.64 Å². The molecule has 1 atom stereocenters. The molecule has 26 heavy (non-hydrogen) atoms. The van der Waals surface area contributed by atoms with Gasteiger partial charge in [-0.3, -0.25) is 4.79 Å². The van der Waals surface area contributed by atoms with Crippen molar-refractivity contribution in [3.8, 4) is 5.75 Å². The second kappa shape index (κ2) is 6.80. The number of halogens is 2. The predicted octanol–water partition coefficient (Wildman–Crippen LogP) is 4.55. The number of anilines is 1. The van der Waals surface area contributed by atoms with E-state index >= 15 is 0 Å². The smallest absolute Gasteiger partial charge is 0.259 e. The van der Waals surface area contributed by atoms with E-state index in [9.17, 15) is 9.90 Å². The van der Waals surface area contributed by atoms with Crippen LogP contribution in [0.5, 0.6) is 5.75 Å². The molecule has 0 saturated heterocycles. The number of amides is 1. The quantitative estimate of drug-likeness (QED) is 0.698. The fourth-order valence-electron chi connectivity index (χ4n) is 3.20. The molecule has 1 N–H and O–H groups in total. The third kappa shape index (κ3) is 3.01. The number of hydrogen-bond acceptors (Lipinski definition) is 3. The van der Waals surface area contributed by atoms with Crippen molar-refractivity contribution >= 4 is 45.6 Å². The van der Waals surface area contributed by atoms with E-state index in [2.05, 4.69) is 0 Å². The van der Waals surface area contributed by atoms with Gasteiger partial charge in [-0.15, -0.1) is 0 Å². The lowest BCUT2D eigenvalue weighted by molar-refractivity contribution is 0.0914. The maximum absolute atomic E-state index is 12.7. The molecule has 0 aliphatic carbocycles. The number of aliphatic hydroxyl groups is 1. The average molecular weight is 388 g/mol. The SMILES string of the molecule is O=C1c2cccc3cccc(c23)N1C[C@@H](O)COc1cc(Cl)ccc1Cl. The summed E-state index contributed by atoms with van der Waals surface area (Å²) in [5, 5.41) is 13.2. The second-order valence-electron chi connectivity index (χ2n) is 6.14. The van der Waals surface area contributed by atoms with Crippen molar-refractivity contribution in [2.45, 2.75) is 6.10 Å². The van der Waals surface area contributed by atoms with Crippen molar-refractivity contribution in [1.29, 1.82) is 0 Å². The van der Waals surface area contributed by atoms with Crippen LogP contribution in [0.4, 0.5) is 5.69 Å². The van der Waals surface area contributed by atoms with Gasteiger partial charge in [0.1, 0.15) is 18.5 Å². The van der Waals surface area contributed by atoms with Gasteiger partial charge in [0.05, 0.1) is 17.3 Å². The zero-order valence-electron chi connectivity index (χ0n) is 13.7. The van der Waals surface area contributed by atoms with E-state index in [1.165, 1.54) is 0 Å². The van der Waals surface area contributed by atoms with Gasteiger partial charge in [-0.1, -0.05) is 47.5 Å². The van der Waals surface area contributed by atoms with E-state index in [0.29, 0.717) is 21.4 Å². The Kier molecular flexibility index (Phi) is 4.49. The molecule has 0 unspecified atom stereocenters. The first kappa shape index (κ1) is 17.2. The van der Waals surface area contributed by atoms with Crippen LogP contribution in [0.15, 0.2) is 54.6 Å². The molecule has 4 nitrogen and oxygen atoms in total. The zero-order valence-corrected chi connectivity index (χ0v) is 15.2. The first-order valence-corrected chi connectivity index (χ1v) is 8.90. The summed E-state index contributed by atoms with van der Waals surface area (Å²) in [5.74, 6) is 0.285. The van der Waals surface area contributed by atoms with Gasteiger partial charge < -0.3 is 14.7 Å². The summed E-state index contributed by atoms with van der Waals surface area (Å²) in [4.78, 5) is 14.3. The van der Waals surface area contributed by atoms with Gasteiger partial charge in [0, 0.05) is 22.0 Å². The summed E-state index contributed by atoms with van der Waals surface area (Å²) in [5.41, 5.74) is 1.46. The summed E-state index contributed by atoms with van der Waals surface area (Å²) >= 11 is 12.0. The number of benzene rings is 3. The minimum atomic E-state index is -0.876. The van der Waals surface area contributed by atoms with Crippen molar-refractivity contribution in [2.75, 3.05) is 18.1 Å². The Hall–Kier alpha value is -2.27. The summed E-state index contributed by atoms with van der Waals surface area (Å²) < 4.78 is 5.57. The van der Waals surface area contributed by atoms with Crippen molar-refractivity contribution in [1.82, 2.24) is 0 Å². The second-order valence-corrected chi connectivity index (χ2v) is 6.98. The van der Waals surface area contributed by atoms with Crippen LogP contribution in [0.3, 0.4) is 0 Å². The van der Waals surface area contributed by atoms with Crippen molar-refractivity contribution < 1.29 is 14.6 Å². The van der Waals surface area contributed by atoms with E-state index in [-0.39, 0.29) is 19.1 Å². The molecule has 1 heterocycles. The molecule has 0 bridgehead atoms. The van der Waals surface area contributed by atoms with Crippen LogP contribution in [0.1, 0.15) is 10.4 Å². The first-order valence-electron chi connectivity index (χ1n) is 8.14. The summed E-state index contributed by atoms with van der Waals surface area (Å²) in [6, 6.07) is 16.3. The highest BCUT2D eigenvalue weighted by molar-refractivity contribution is 6.34. The lowest BCUT2D eigenvalue weighted by Gasteiger charge is -2.22. The lowest BCUT2D eigenvalue weighted by Crippen LogP contribution is -2.37. The van der Waals surface area contributed by atoms with Gasteiger partial charge in [-0.2, -0.15) is 0 Å². The Balaban J connectivity index is 1.50. The third-order valence-electron chi connectivity index (χ3n) is 4.37. The summed E-state index contributed by atoms with van der Waals surface area (Å²) in [7, 11) is 0. The molecule has 132 valence electrons. The topological polar surface area (TPSA) is 49.8 Å². The van der Waals surface area contributed by atoms with Crippen LogP contribution in [-0.4, -0.2) is 30.3 Å². The lowest BCUT2D eigenvalue weighted by atomic mass is 10.1. The number of rotatable bonds is 5. The normalized spacial score (nSPS) is 14.1. The molecular formula is C20H15Cl2NO3. The molecule has 6 heteroatoms. The number of β-amino-alcohol motifs (C(OH)–C–C–N with tert-alkyl or cyclic N) is 1. The highest BCUT2D eigenvalue weighted by atomic mass is 35.5. The Morgan fingerprint density at radius 3 is 2.65 bits per heavy atom. The monoisotopic (exact) mass is 387 g/mol. The van der Waals surface area contributed by atoms with Crippen LogP contribution >= 0.6 is 23.2 Å². The first-order chi connectivity index (χ1) is 12.5. The van der Waals surface area contributed by atoms with Gasteiger partial charge in [0.25, 0.3) is 5.91 Å². The molecule has 0 fully saturated rings. The van der Waals surface area contributed by atoms with Crippen molar-refractivity contribution in [2.24, 2.45) is 0 Å². The Bertz CT molecular complexity index is 1000. The minimum absolute atomic E-state index is 0.00381. The number of hydrogen-bond donors (Lipinski definition) is 1. The Morgan fingerprint density at radius 1 is 1.08 bits per heavy atom. The molecule has 1 aliphatic rings. The summed E-state index contributed by atoms with van der Waals surface area (Å²) in [6.45, 7) is 0.126. The Morgan fingerprint density at radius 2 is 1.85 bits per heavy atom. The van der Waals surface area contributed by atoms with Crippen LogP contribution in [0.25, 0.3) is 10.8 Å². The largest absolute Gasteiger partial charge is 0.489 e. The predicted molar refractivity (Wildman–Crippen MR) is 104 cm³/mol. The van der Waals surface area contributed by atoms with Gasteiger partial charge >= 0.3 is 0 Å². The Labute approximate surface area is 160 Å². The maximum atomic E-state index is 12.7. The number of ether oxygens (including phenoxy) is 1. The minimum Gasteiger partial charge on any atom is -0.489 e. The van der Waals surface area contributed by atoms with E-state index in [1.54, 1.807) is 23.1 Å². The number of nitrogens with zero attached hydrogens (tertiary/aromatic N) is 1. The van der Waals surface area contributed by atoms with Crippen molar-refractivity contribution in [3.05, 3.63) is 70.2 Å². The molecule has 0 aromatic heterocycles. The third-order valence-corrected chi connectivity index (χ3v) is 4.91. The summed E-state index contributed by atoms with van der Waals surface area (Å²) in [6.07, 6.45) is -0.876. The standard InChI is InChI=1S/C20H15Cl2NO3/c21-13-7-8-16(22)18(9-13)26-11-14(24)10-23-17-6-2-4-12-3-1-5-15(19(12)17)20(23)25/h1-9,14,24H,10-11H2/t14-/m1/s1. The number of carbonyl (C=O) groups excluding carboxylic acids is 1. The average Bonchev–Trinajstić information content (AvgIpc) is 2.91. The van der Waals surface area contributed by atoms with Crippen LogP contribution in [-0.2, 0) is 0 Å². The highest BCUT2D eigenvalue weighted by Gasteiger charge is 2.30. The molecule has 3 aromatic rings. The molecule has 0 radical (unpaired) electrons. The highest BCUT2D eigenvalue weighted by Crippen LogP contribution is 2.37. The molecule has 0 spiro atoms.